The summed E-state index contributed by atoms with van der Waals surface area (Å²) < 4.78 is 5.70. The molecule has 5 aliphatic rings. The third-order valence-corrected chi connectivity index (χ3v) is 9.22. The second-order valence-electron chi connectivity index (χ2n) is 10.2. The SMILES string of the molecule is C[C@@]12CCCC3(COC3)[C@H]1CC[C@@]13C[C@H](CC[C@H]12)[C@](C)(O)C3. The van der Waals surface area contributed by atoms with Crippen LogP contribution in [-0.4, -0.2) is 23.9 Å². The molecule has 0 aromatic heterocycles. The fourth-order valence-corrected chi connectivity index (χ4v) is 8.45. The zero-order valence-electron chi connectivity index (χ0n) is 14.4. The van der Waals surface area contributed by atoms with Crippen molar-refractivity contribution in [3.8, 4) is 0 Å². The van der Waals surface area contributed by atoms with Crippen LogP contribution in [0.2, 0.25) is 0 Å². The molecular weight excluding hydrogens is 272 g/mol. The minimum Gasteiger partial charge on any atom is -0.390 e. The number of aliphatic hydroxyl groups is 1. The van der Waals surface area contributed by atoms with Crippen molar-refractivity contribution in [3.05, 3.63) is 0 Å². The second-order valence-corrected chi connectivity index (χ2v) is 10.2. The first-order valence-corrected chi connectivity index (χ1v) is 9.71. The zero-order chi connectivity index (χ0) is 15.2. The Morgan fingerprint density at radius 3 is 2.41 bits per heavy atom. The minimum absolute atomic E-state index is 0.385. The Morgan fingerprint density at radius 1 is 0.909 bits per heavy atom. The Hall–Kier alpha value is -0.0800. The highest BCUT2D eigenvalue weighted by molar-refractivity contribution is 5.17. The maximum absolute atomic E-state index is 10.9. The molecule has 0 aromatic rings. The molecular formula is C20H32O2. The Labute approximate surface area is 135 Å². The summed E-state index contributed by atoms with van der Waals surface area (Å²) in [6.45, 7) is 6.84. The van der Waals surface area contributed by atoms with E-state index in [0.29, 0.717) is 22.2 Å². The topological polar surface area (TPSA) is 29.5 Å². The van der Waals surface area contributed by atoms with Crippen LogP contribution in [0.4, 0.5) is 0 Å². The molecule has 124 valence electrons. The molecule has 0 radical (unpaired) electrons. The second kappa shape index (κ2) is 4.11. The van der Waals surface area contributed by atoms with E-state index in [1.54, 1.807) is 0 Å². The maximum atomic E-state index is 10.9. The average Bonchev–Trinajstić information content (AvgIpc) is 2.61. The molecule has 0 amide bonds. The highest BCUT2D eigenvalue weighted by Crippen LogP contribution is 2.73. The fourth-order valence-electron chi connectivity index (χ4n) is 8.45. The molecule has 5 fully saturated rings. The first kappa shape index (κ1) is 14.3. The van der Waals surface area contributed by atoms with Crippen molar-refractivity contribution < 1.29 is 9.84 Å². The molecule has 1 heterocycles. The van der Waals surface area contributed by atoms with E-state index < -0.39 is 0 Å². The first-order chi connectivity index (χ1) is 10.4. The molecule has 2 spiro atoms. The van der Waals surface area contributed by atoms with E-state index in [9.17, 15) is 5.11 Å². The summed E-state index contributed by atoms with van der Waals surface area (Å²) in [5.41, 5.74) is 1.14. The van der Waals surface area contributed by atoms with Crippen molar-refractivity contribution in [2.45, 2.75) is 77.2 Å². The molecule has 1 aliphatic heterocycles. The number of rotatable bonds is 0. The molecule has 1 saturated heterocycles. The van der Waals surface area contributed by atoms with Gasteiger partial charge in [-0.25, -0.2) is 0 Å². The van der Waals surface area contributed by atoms with Gasteiger partial charge in [-0.2, -0.15) is 0 Å². The molecule has 2 bridgehead atoms. The third kappa shape index (κ3) is 1.55. The molecule has 5 rings (SSSR count). The molecule has 2 nitrogen and oxygen atoms in total. The molecule has 0 unspecified atom stereocenters. The normalized spacial score (nSPS) is 58.8. The lowest BCUT2D eigenvalue weighted by Gasteiger charge is -2.66. The van der Waals surface area contributed by atoms with E-state index in [0.717, 1.165) is 31.5 Å². The number of fused-ring (bicyclic) bond motifs is 4. The molecule has 1 N–H and O–H groups in total. The van der Waals surface area contributed by atoms with Crippen molar-refractivity contribution in [2.75, 3.05) is 13.2 Å². The van der Waals surface area contributed by atoms with Gasteiger partial charge in [0.15, 0.2) is 0 Å². The minimum atomic E-state index is -0.385. The highest BCUT2D eigenvalue weighted by atomic mass is 16.5. The predicted octanol–water partition coefficient (Wildman–Crippen LogP) is 4.16. The van der Waals surface area contributed by atoms with E-state index in [4.69, 9.17) is 4.74 Å². The van der Waals surface area contributed by atoms with Crippen molar-refractivity contribution in [3.63, 3.8) is 0 Å². The molecule has 22 heavy (non-hydrogen) atoms. The van der Waals surface area contributed by atoms with Crippen LogP contribution in [0.3, 0.4) is 0 Å². The number of hydrogen-bond acceptors (Lipinski definition) is 2. The number of ether oxygens (including phenoxy) is 1. The Bertz CT molecular complexity index is 494. The smallest absolute Gasteiger partial charge is 0.0653 e. The average molecular weight is 304 g/mol. The van der Waals surface area contributed by atoms with E-state index in [1.807, 2.05) is 0 Å². The van der Waals surface area contributed by atoms with Crippen LogP contribution >= 0.6 is 0 Å². The summed E-state index contributed by atoms with van der Waals surface area (Å²) in [4.78, 5) is 0. The van der Waals surface area contributed by atoms with Crippen LogP contribution in [0, 0.1) is 34.0 Å². The third-order valence-electron chi connectivity index (χ3n) is 9.22. The van der Waals surface area contributed by atoms with Crippen molar-refractivity contribution in [2.24, 2.45) is 34.0 Å². The van der Waals surface area contributed by atoms with E-state index in [-0.39, 0.29) is 5.60 Å². The van der Waals surface area contributed by atoms with Gasteiger partial charge in [0, 0.05) is 5.41 Å². The van der Waals surface area contributed by atoms with E-state index in [1.165, 1.54) is 51.4 Å². The lowest BCUT2D eigenvalue weighted by molar-refractivity contribution is -0.236. The highest BCUT2D eigenvalue weighted by Gasteiger charge is 2.68. The Morgan fingerprint density at radius 2 is 1.68 bits per heavy atom. The molecule has 6 atom stereocenters. The van der Waals surface area contributed by atoms with Crippen molar-refractivity contribution in [1.29, 1.82) is 0 Å². The summed E-state index contributed by atoms with van der Waals surface area (Å²) in [5.74, 6) is 2.33. The summed E-state index contributed by atoms with van der Waals surface area (Å²) in [5, 5.41) is 10.9. The van der Waals surface area contributed by atoms with Crippen LogP contribution in [0.25, 0.3) is 0 Å². The van der Waals surface area contributed by atoms with Crippen molar-refractivity contribution >= 4 is 0 Å². The Balaban J connectivity index is 1.54. The standard InChI is InChI=1S/C20H32O2/c1-17-7-3-8-20(12-22-13-20)16(17)6-9-19-10-14(4-5-15(17)19)18(2,21)11-19/h14-16,21H,3-13H2,1-2H3/t14-,15-,16-,17-,18+,19-/m0/s1. The van der Waals surface area contributed by atoms with Gasteiger partial charge in [0.05, 0.1) is 18.8 Å². The largest absolute Gasteiger partial charge is 0.390 e. The van der Waals surface area contributed by atoms with Gasteiger partial charge in [-0.15, -0.1) is 0 Å². The predicted molar refractivity (Wildman–Crippen MR) is 86.4 cm³/mol. The van der Waals surface area contributed by atoms with Crippen LogP contribution < -0.4 is 0 Å². The number of hydrogen-bond donors (Lipinski definition) is 1. The molecule has 2 heteroatoms. The maximum Gasteiger partial charge on any atom is 0.0653 e. The molecule has 0 aromatic carbocycles. The molecule has 4 saturated carbocycles. The van der Waals surface area contributed by atoms with Gasteiger partial charge in [0.1, 0.15) is 0 Å². The van der Waals surface area contributed by atoms with Gasteiger partial charge in [-0.3, -0.25) is 0 Å². The fraction of sp³-hybridized carbons (Fsp3) is 1.00. The quantitative estimate of drug-likeness (QED) is 0.728. The monoisotopic (exact) mass is 304 g/mol. The lowest BCUT2D eigenvalue weighted by atomic mass is 9.40. The van der Waals surface area contributed by atoms with Crippen molar-refractivity contribution in [1.82, 2.24) is 0 Å². The van der Waals surface area contributed by atoms with E-state index >= 15 is 0 Å². The molecule has 4 aliphatic carbocycles. The summed E-state index contributed by atoms with van der Waals surface area (Å²) in [7, 11) is 0. The van der Waals surface area contributed by atoms with Gasteiger partial charge in [-0.05, 0) is 86.9 Å². The van der Waals surface area contributed by atoms with Crippen LogP contribution in [0.15, 0.2) is 0 Å². The lowest BCUT2D eigenvalue weighted by Crippen LogP contribution is -2.62. The van der Waals surface area contributed by atoms with Gasteiger partial charge < -0.3 is 9.84 Å². The van der Waals surface area contributed by atoms with Gasteiger partial charge in [0.2, 0.25) is 0 Å². The zero-order valence-corrected chi connectivity index (χ0v) is 14.4. The first-order valence-electron chi connectivity index (χ1n) is 9.71. The summed E-state index contributed by atoms with van der Waals surface area (Å²) >= 11 is 0. The van der Waals surface area contributed by atoms with E-state index in [2.05, 4.69) is 13.8 Å². The van der Waals surface area contributed by atoms with Gasteiger partial charge in [0.25, 0.3) is 0 Å². The summed E-state index contributed by atoms with van der Waals surface area (Å²) in [6, 6.07) is 0. The van der Waals surface area contributed by atoms with Gasteiger partial charge in [-0.1, -0.05) is 13.3 Å². The Kier molecular flexibility index (Phi) is 2.67. The van der Waals surface area contributed by atoms with Crippen LogP contribution in [0.5, 0.6) is 0 Å². The van der Waals surface area contributed by atoms with Gasteiger partial charge >= 0.3 is 0 Å². The van der Waals surface area contributed by atoms with Crippen LogP contribution in [0.1, 0.15) is 71.6 Å². The summed E-state index contributed by atoms with van der Waals surface area (Å²) in [6.07, 6.45) is 12.1. The van der Waals surface area contributed by atoms with Crippen LogP contribution in [-0.2, 0) is 4.74 Å².